The Labute approximate surface area is 171 Å². The SMILES string of the molecule is O=C(NCc1cccc2ccccc12)Oc1nnc(NCc2ccccc2Cl)o1. The Morgan fingerprint density at radius 3 is 2.59 bits per heavy atom. The van der Waals surface area contributed by atoms with Gasteiger partial charge in [0.05, 0.1) is 0 Å². The van der Waals surface area contributed by atoms with E-state index in [1.54, 1.807) is 6.07 Å². The maximum absolute atomic E-state index is 12.1. The average Bonchev–Trinajstić information content (AvgIpc) is 3.19. The molecule has 1 heterocycles. The maximum Gasteiger partial charge on any atom is 0.425 e. The molecule has 0 atom stereocenters. The van der Waals surface area contributed by atoms with Crippen molar-refractivity contribution in [3.8, 4) is 6.08 Å². The summed E-state index contributed by atoms with van der Waals surface area (Å²) < 4.78 is 10.3. The Morgan fingerprint density at radius 1 is 0.931 bits per heavy atom. The molecule has 0 saturated carbocycles. The smallest absolute Gasteiger partial charge is 0.374 e. The van der Waals surface area contributed by atoms with E-state index in [0.717, 1.165) is 21.9 Å². The van der Waals surface area contributed by atoms with Crippen molar-refractivity contribution in [3.05, 3.63) is 82.9 Å². The van der Waals surface area contributed by atoms with E-state index >= 15 is 0 Å². The fourth-order valence-electron chi connectivity index (χ4n) is 2.86. The normalized spacial score (nSPS) is 10.7. The van der Waals surface area contributed by atoms with Crippen LogP contribution in [0.2, 0.25) is 5.02 Å². The number of rotatable bonds is 6. The Kier molecular flexibility index (Phi) is 5.58. The largest absolute Gasteiger partial charge is 0.425 e. The van der Waals surface area contributed by atoms with Gasteiger partial charge in [-0.15, -0.1) is 0 Å². The molecule has 7 nitrogen and oxygen atoms in total. The first-order valence-electron chi connectivity index (χ1n) is 8.92. The standard InChI is InChI=1S/C21H17ClN4O3/c22-18-11-4-2-7-16(18)13-23-19-25-26-21(28-19)29-20(27)24-12-15-9-5-8-14-6-1-3-10-17(14)15/h1-11H,12-13H2,(H,23,25)(H,24,27). The summed E-state index contributed by atoms with van der Waals surface area (Å²) in [6.07, 6.45) is -0.929. The Hall–Kier alpha value is -3.58. The van der Waals surface area contributed by atoms with Crippen LogP contribution in [0.3, 0.4) is 0 Å². The van der Waals surface area contributed by atoms with E-state index in [0.29, 0.717) is 18.1 Å². The fourth-order valence-corrected chi connectivity index (χ4v) is 3.07. The highest BCUT2D eigenvalue weighted by atomic mass is 35.5. The van der Waals surface area contributed by atoms with Gasteiger partial charge in [-0.1, -0.05) is 82.5 Å². The molecule has 29 heavy (non-hydrogen) atoms. The Morgan fingerprint density at radius 2 is 1.69 bits per heavy atom. The van der Waals surface area contributed by atoms with E-state index in [1.165, 1.54) is 0 Å². The summed E-state index contributed by atoms with van der Waals surface area (Å²) in [5.74, 6) is 0. The summed E-state index contributed by atoms with van der Waals surface area (Å²) >= 11 is 6.10. The minimum Gasteiger partial charge on any atom is -0.374 e. The molecule has 0 aliphatic heterocycles. The number of carbonyl (C=O) groups excluding carboxylic acids is 1. The van der Waals surface area contributed by atoms with Crippen molar-refractivity contribution >= 4 is 34.5 Å². The number of carbonyl (C=O) groups is 1. The number of nitrogens with zero attached hydrogens (tertiary/aromatic N) is 2. The van der Waals surface area contributed by atoms with Crippen LogP contribution in [0.1, 0.15) is 11.1 Å². The predicted octanol–water partition coefficient (Wildman–Crippen LogP) is 4.78. The molecule has 4 rings (SSSR count). The number of benzene rings is 3. The van der Waals surface area contributed by atoms with Crippen molar-refractivity contribution in [1.29, 1.82) is 0 Å². The van der Waals surface area contributed by atoms with Crippen molar-refractivity contribution in [2.24, 2.45) is 0 Å². The molecule has 0 spiro atoms. The molecule has 8 heteroatoms. The molecule has 3 aromatic carbocycles. The van der Waals surface area contributed by atoms with Crippen molar-refractivity contribution in [2.75, 3.05) is 5.32 Å². The summed E-state index contributed by atoms with van der Waals surface area (Å²) in [5.41, 5.74) is 1.86. The minimum atomic E-state index is -0.681. The number of amides is 1. The lowest BCUT2D eigenvalue weighted by atomic mass is 10.0. The molecular formula is C21H17ClN4O3. The van der Waals surface area contributed by atoms with Gasteiger partial charge in [-0.05, 0) is 28.0 Å². The quantitative estimate of drug-likeness (QED) is 0.477. The van der Waals surface area contributed by atoms with Crippen LogP contribution >= 0.6 is 11.6 Å². The molecule has 0 radical (unpaired) electrons. The van der Waals surface area contributed by atoms with E-state index in [-0.39, 0.29) is 12.1 Å². The van der Waals surface area contributed by atoms with Crippen molar-refractivity contribution in [2.45, 2.75) is 13.1 Å². The summed E-state index contributed by atoms with van der Waals surface area (Å²) in [6, 6.07) is 21.4. The molecule has 0 saturated heterocycles. The number of hydrogen-bond acceptors (Lipinski definition) is 6. The minimum absolute atomic E-state index is 0.127. The van der Waals surface area contributed by atoms with Gasteiger partial charge in [0.2, 0.25) is 0 Å². The molecular weight excluding hydrogens is 392 g/mol. The van der Waals surface area contributed by atoms with Crippen molar-refractivity contribution < 1.29 is 13.9 Å². The molecule has 4 aromatic rings. The third kappa shape index (κ3) is 4.64. The van der Waals surface area contributed by atoms with Gasteiger partial charge in [-0.3, -0.25) is 0 Å². The number of hydrogen-bond donors (Lipinski definition) is 2. The number of anilines is 1. The van der Waals surface area contributed by atoms with E-state index in [2.05, 4.69) is 20.8 Å². The molecule has 0 bridgehead atoms. The van der Waals surface area contributed by atoms with Crippen LogP contribution in [0.4, 0.5) is 10.8 Å². The van der Waals surface area contributed by atoms with Gasteiger partial charge in [-0.25, -0.2) is 4.79 Å². The van der Waals surface area contributed by atoms with Gasteiger partial charge in [0.15, 0.2) is 0 Å². The summed E-state index contributed by atoms with van der Waals surface area (Å²) in [4.78, 5) is 12.1. The molecule has 0 aliphatic carbocycles. The lowest BCUT2D eigenvalue weighted by molar-refractivity contribution is 0.184. The fraction of sp³-hybridized carbons (Fsp3) is 0.0952. The second-order valence-corrected chi connectivity index (χ2v) is 6.61. The van der Waals surface area contributed by atoms with Crippen molar-refractivity contribution in [1.82, 2.24) is 15.5 Å². The van der Waals surface area contributed by atoms with Crippen LogP contribution in [0.15, 0.2) is 71.1 Å². The number of halogens is 1. The zero-order chi connectivity index (χ0) is 20.1. The number of fused-ring (bicyclic) bond motifs is 1. The van der Waals surface area contributed by atoms with Crippen LogP contribution in [-0.2, 0) is 13.1 Å². The van der Waals surface area contributed by atoms with E-state index in [1.807, 2.05) is 60.7 Å². The van der Waals surface area contributed by atoms with Crippen LogP contribution in [-0.4, -0.2) is 16.3 Å². The summed E-state index contributed by atoms with van der Waals surface area (Å²) in [6.45, 7) is 0.709. The third-order valence-electron chi connectivity index (χ3n) is 4.28. The second-order valence-electron chi connectivity index (χ2n) is 6.20. The van der Waals surface area contributed by atoms with Gasteiger partial charge < -0.3 is 19.8 Å². The first kappa shape index (κ1) is 18.8. The van der Waals surface area contributed by atoms with E-state index in [9.17, 15) is 4.79 Å². The monoisotopic (exact) mass is 408 g/mol. The Balaban J connectivity index is 1.31. The molecule has 1 aromatic heterocycles. The highest BCUT2D eigenvalue weighted by Gasteiger charge is 2.13. The Bertz CT molecular complexity index is 1140. The zero-order valence-corrected chi connectivity index (χ0v) is 16.0. The third-order valence-corrected chi connectivity index (χ3v) is 4.65. The first-order chi connectivity index (χ1) is 14.2. The number of ether oxygens (including phenoxy) is 1. The molecule has 1 amide bonds. The first-order valence-corrected chi connectivity index (χ1v) is 9.30. The average molecular weight is 409 g/mol. The van der Waals surface area contributed by atoms with E-state index < -0.39 is 6.09 Å². The van der Waals surface area contributed by atoms with Crippen LogP contribution in [0.25, 0.3) is 10.8 Å². The summed E-state index contributed by atoms with van der Waals surface area (Å²) in [7, 11) is 0. The maximum atomic E-state index is 12.1. The predicted molar refractivity (Wildman–Crippen MR) is 110 cm³/mol. The lowest BCUT2D eigenvalue weighted by Gasteiger charge is -2.07. The van der Waals surface area contributed by atoms with Crippen LogP contribution in [0.5, 0.6) is 6.08 Å². The van der Waals surface area contributed by atoms with E-state index in [4.69, 9.17) is 20.8 Å². The van der Waals surface area contributed by atoms with Gasteiger partial charge in [-0.2, -0.15) is 0 Å². The molecule has 0 aliphatic rings. The van der Waals surface area contributed by atoms with Crippen molar-refractivity contribution in [3.63, 3.8) is 0 Å². The number of aromatic nitrogens is 2. The number of nitrogens with one attached hydrogen (secondary N) is 2. The molecule has 0 fully saturated rings. The molecule has 146 valence electrons. The molecule has 2 N–H and O–H groups in total. The van der Waals surface area contributed by atoms with Gasteiger partial charge in [0, 0.05) is 18.1 Å². The second kappa shape index (κ2) is 8.62. The topological polar surface area (TPSA) is 89.3 Å². The highest BCUT2D eigenvalue weighted by molar-refractivity contribution is 6.31. The van der Waals surface area contributed by atoms with Gasteiger partial charge in [0.25, 0.3) is 0 Å². The zero-order valence-electron chi connectivity index (χ0n) is 15.3. The van der Waals surface area contributed by atoms with Gasteiger partial charge >= 0.3 is 18.2 Å². The lowest BCUT2D eigenvalue weighted by Crippen LogP contribution is -2.26. The molecule has 0 unspecified atom stereocenters. The van der Waals surface area contributed by atoms with Crippen LogP contribution < -0.4 is 15.4 Å². The highest BCUT2D eigenvalue weighted by Crippen LogP contribution is 2.19. The van der Waals surface area contributed by atoms with Gasteiger partial charge in [0.1, 0.15) is 0 Å². The summed E-state index contributed by atoms with van der Waals surface area (Å²) in [5, 5.41) is 15.9. The van der Waals surface area contributed by atoms with Crippen LogP contribution in [0, 0.1) is 0 Å².